The van der Waals surface area contributed by atoms with Crippen molar-refractivity contribution < 1.29 is 43.9 Å². The van der Waals surface area contributed by atoms with Crippen molar-refractivity contribution in [3.8, 4) is 0 Å². The monoisotopic (exact) mass is 588 g/mol. The van der Waals surface area contributed by atoms with E-state index in [1.807, 2.05) is 0 Å². The van der Waals surface area contributed by atoms with Gasteiger partial charge in [-0.05, 0) is 74.5 Å². The first-order valence-electron chi connectivity index (χ1n) is 14.9. The van der Waals surface area contributed by atoms with Crippen molar-refractivity contribution in [3.63, 3.8) is 0 Å². The van der Waals surface area contributed by atoms with Gasteiger partial charge in [-0.15, -0.1) is 0 Å². The summed E-state index contributed by atoms with van der Waals surface area (Å²) in [4.78, 5) is 37.9. The molecule has 1 aromatic carbocycles. The Morgan fingerprint density at radius 3 is 1.07 bits per heavy atom. The third-order valence-corrected chi connectivity index (χ3v) is 7.13. The van der Waals surface area contributed by atoms with Crippen molar-refractivity contribution in [2.45, 2.75) is 96.3 Å². The lowest BCUT2D eigenvalue weighted by Gasteiger charge is -2.22. The maximum Gasteiger partial charge on any atom is 0.336 e. The van der Waals surface area contributed by atoms with E-state index in [9.17, 15) is 29.7 Å². The summed E-state index contributed by atoms with van der Waals surface area (Å²) in [7, 11) is 0. The fourth-order valence-electron chi connectivity index (χ4n) is 5.21. The molecule has 0 aliphatic carbocycles. The molecule has 9 nitrogen and oxygen atoms in total. The first kappa shape index (κ1) is 36.3. The summed E-state index contributed by atoms with van der Waals surface area (Å²) in [6.07, 6.45) is 14.0. The second kappa shape index (κ2) is 21.9. The number of carbonyl (C=O) groups is 3. The van der Waals surface area contributed by atoms with Crippen LogP contribution in [0.5, 0.6) is 0 Å². The number of aromatic carboxylic acids is 3. The zero-order valence-corrected chi connectivity index (χ0v) is 24.9. The molecular formula is C33H48O9. The van der Waals surface area contributed by atoms with Crippen LogP contribution in [0, 0.1) is 0 Å². The Kier molecular flexibility index (Phi) is 18.9. The molecule has 1 aromatic rings. The molecule has 0 bridgehead atoms. The van der Waals surface area contributed by atoms with Gasteiger partial charge in [-0.3, -0.25) is 0 Å². The van der Waals surface area contributed by atoms with E-state index >= 15 is 0 Å². The van der Waals surface area contributed by atoms with E-state index < -0.39 is 23.5 Å². The van der Waals surface area contributed by atoms with Crippen LogP contribution in [0.4, 0.5) is 0 Å². The fourth-order valence-corrected chi connectivity index (χ4v) is 5.21. The minimum absolute atomic E-state index is 0.0447. The number of carboxylic acids is 3. The first-order valence-corrected chi connectivity index (χ1v) is 14.9. The highest BCUT2D eigenvalue weighted by atomic mass is 16.5. The molecular weight excluding hydrogens is 540 g/mol. The number of unbranched alkanes of at least 4 members (excludes halogenated alkanes) is 9. The van der Waals surface area contributed by atoms with Crippen molar-refractivity contribution in [2.75, 3.05) is 19.8 Å². The molecule has 0 unspecified atom stereocenters. The molecule has 0 aliphatic heterocycles. The molecule has 3 N–H and O–H groups in total. The van der Waals surface area contributed by atoms with Crippen molar-refractivity contribution in [1.82, 2.24) is 0 Å². The van der Waals surface area contributed by atoms with E-state index in [0.29, 0.717) is 56.6 Å². The Balaban J connectivity index is 3.41. The predicted octanol–water partition coefficient (Wildman–Crippen LogP) is 7.57. The molecule has 0 saturated heterocycles. The zero-order chi connectivity index (χ0) is 31.2. The summed E-state index contributed by atoms with van der Waals surface area (Å²) in [5, 5.41) is 30.9. The van der Waals surface area contributed by atoms with Crippen LogP contribution in [0.3, 0.4) is 0 Å². The van der Waals surface area contributed by atoms with Crippen LogP contribution in [-0.2, 0) is 33.5 Å². The van der Waals surface area contributed by atoms with Crippen molar-refractivity contribution in [3.05, 3.63) is 71.9 Å². The van der Waals surface area contributed by atoms with Gasteiger partial charge in [-0.2, -0.15) is 0 Å². The fraction of sp³-hybridized carbons (Fsp3) is 0.545. The van der Waals surface area contributed by atoms with Gasteiger partial charge < -0.3 is 29.5 Å². The number of carboxylic acid groups (broad SMARTS) is 3. The van der Waals surface area contributed by atoms with Gasteiger partial charge in [0.25, 0.3) is 0 Å². The number of hydrogen-bond acceptors (Lipinski definition) is 6. The summed E-state index contributed by atoms with van der Waals surface area (Å²) >= 11 is 0. The summed E-state index contributed by atoms with van der Waals surface area (Å²) < 4.78 is 15.4. The van der Waals surface area contributed by atoms with E-state index in [1.165, 1.54) is 18.8 Å². The van der Waals surface area contributed by atoms with Gasteiger partial charge in [-0.1, -0.05) is 58.3 Å². The van der Waals surface area contributed by atoms with Crippen LogP contribution in [0.15, 0.2) is 38.5 Å². The highest BCUT2D eigenvalue weighted by Crippen LogP contribution is 2.33. The van der Waals surface area contributed by atoms with Crippen LogP contribution in [0.25, 0.3) is 0 Å². The minimum Gasteiger partial charge on any atom is -0.502 e. The van der Waals surface area contributed by atoms with Crippen molar-refractivity contribution >= 4 is 17.9 Å². The Bertz CT molecular complexity index is 1030. The predicted molar refractivity (Wildman–Crippen MR) is 162 cm³/mol. The van der Waals surface area contributed by atoms with Crippen LogP contribution >= 0.6 is 0 Å². The van der Waals surface area contributed by atoms with Gasteiger partial charge in [0.15, 0.2) is 0 Å². The quantitative estimate of drug-likeness (QED) is 0.0701. The Morgan fingerprint density at radius 2 is 0.738 bits per heavy atom. The molecule has 9 heteroatoms. The van der Waals surface area contributed by atoms with Gasteiger partial charge in [0.2, 0.25) is 0 Å². The van der Waals surface area contributed by atoms with E-state index in [-0.39, 0.29) is 29.5 Å². The highest BCUT2D eigenvalue weighted by molar-refractivity contribution is 6.07. The topological polar surface area (TPSA) is 140 Å². The Morgan fingerprint density at radius 1 is 0.452 bits per heavy atom. The lowest BCUT2D eigenvalue weighted by atomic mass is 9.81. The number of ether oxygens (including phenoxy) is 3. The molecule has 1 rings (SSSR count). The lowest BCUT2D eigenvalue weighted by molar-refractivity contribution is 0.0646. The van der Waals surface area contributed by atoms with E-state index in [1.54, 1.807) is 0 Å². The maximum absolute atomic E-state index is 12.7. The minimum atomic E-state index is -1.42. The molecule has 0 radical (unpaired) electrons. The molecule has 0 fully saturated rings. The van der Waals surface area contributed by atoms with Crippen LogP contribution < -0.4 is 0 Å². The van der Waals surface area contributed by atoms with Crippen LogP contribution in [-0.4, -0.2) is 53.0 Å². The Hall–Kier alpha value is -3.75. The standard InChI is InChI=1S/C33H48O9/c1-4-40-22-16-10-7-13-19-25-26(20-14-8-11-17-23-41-5-2)29(32(36)37)30(33(38)39)27(28(25)31(34)35)21-15-9-12-18-24-42-6-3/h4-6H,1-3,7-24H2,(H,34,35)(H,36,37)(H,38,39). The number of rotatable bonds is 27. The van der Waals surface area contributed by atoms with Crippen LogP contribution in [0.2, 0.25) is 0 Å². The largest absolute Gasteiger partial charge is 0.502 e. The molecule has 0 atom stereocenters. The molecule has 0 aromatic heterocycles. The SMILES string of the molecule is C=COCCCCCCc1c(CCCCCCOC=C)c(C(=O)O)c(C(=O)O)c(CCCCCCOC=C)c1C(=O)O. The van der Waals surface area contributed by atoms with Crippen LogP contribution in [0.1, 0.15) is 125 Å². The molecule has 0 saturated carbocycles. The third kappa shape index (κ3) is 12.8. The highest BCUT2D eigenvalue weighted by Gasteiger charge is 2.32. The van der Waals surface area contributed by atoms with Gasteiger partial charge in [0.05, 0.1) is 55.3 Å². The van der Waals surface area contributed by atoms with Gasteiger partial charge in [-0.25, -0.2) is 14.4 Å². The zero-order valence-electron chi connectivity index (χ0n) is 24.9. The summed E-state index contributed by atoms with van der Waals surface area (Å²) in [6, 6.07) is 0. The molecule has 0 amide bonds. The Labute approximate surface area is 249 Å². The van der Waals surface area contributed by atoms with Gasteiger partial charge in [0.1, 0.15) is 0 Å². The maximum atomic E-state index is 12.7. The van der Waals surface area contributed by atoms with Crippen molar-refractivity contribution in [1.29, 1.82) is 0 Å². The second-order valence-corrected chi connectivity index (χ2v) is 10.1. The van der Waals surface area contributed by atoms with E-state index in [4.69, 9.17) is 14.2 Å². The normalized spacial score (nSPS) is 10.6. The number of benzene rings is 1. The van der Waals surface area contributed by atoms with E-state index in [0.717, 1.165) is 57.8 Å². The summed E-state index contributed by atoms with van der Waals surface area (Å²) in [5.74, 6) is -3.98. The average Bonchev–Trinajstić information content (AvgIpc) is 2.95. The molecule has 0 spiro atoms. The summed E-state index contributed by atoms with van der Waals surface area (Å²) in [5.41, 5.74) is 0.184. The molecule has 42 heavy (non-hydrogen) atoms. The van der Waals surface area contributed by atoms with Gasteiger partial charge in [0, 0.05) is 0 Å². The second-order valence-electron chi connectivity index (χ2n) is 10.1. The van der Waals surface area contributed by atoms with Crippen molar-refractivity contribution in [2.24, 2.45) is 0 Å². The summed E-state index contributed by atoms with van der Waals surface area (Å²) in [6.45, 7) is 12.2. The van der Waals surface area contributed by atoms with Gasteiger partial charge >= 0.3 is 17.9 Å². The first-order chi connectivity index (χ1) is 20.3. The van der Waals surface area contributed by atoms with E-state index in [2.05, 4.69) is 19.7 Å². The average molecular weight is 589 g/mol. The molecule has 234 valence electrons. The molecule has 0 aliphatic rings. The smallest absolute Gasteiger partial charge is 0.336 e. The molecule has 0 heterocycles. The number of hydrogen-bond donors (Lipinski definition) is 3. The lowest BCUT2D eigenvalue weighted by Crippen LogP contribution is -2.22. The third-order valence-electron chi connectivity index (χ3n) is 7.13.